The van der Waals surface area contributed by atoms with Crippen molar-refractivity contribution in [2.24, 2.45) is 5.10 Å². The minimum atomic E-state index is -0.599. The van der Waals surface area contributed by atoms with Crippen molar-refractivity contribution in [1.82, 2.24) is 10.4 Å². The molecular weight excluding hydrogens is 396 g/mol. The summed E-state index contributed by atoms with van der Waals surface area (Å²) in [5.41, 5.74) is 12.2. The molecule has 0 aliphatic heterocycles. The quantitative estimate of drug-likeness (QED) is 0.335. The lowest BCUT2D eigenvalue weighted by Gasteiger charge is -2.03. The van der Waals surface area contributed by atoms with Crippen molar-refractivity contribution < 1.29 is 19.1 Å². The average Bonchev–Trinajstić information content (AvgIpc) is 3.12. The molecule has 8 heteroatoms. The zero-order valence-electron chi connectivity index (χ0n) is 16.9. The Morgan fingerprint density at radius 1 is 1.23 bits per heavy atom. The number of ether oxygens (including phenoxy) is 1. The molecule has 0 bridgehead atoms. The number of amides is 1. The Balaban J connectivity index is 1.59. The Kier molecular flexibility index (Phi) is 5.28. The number of carbonyl (C=O) groups excluding carboxylic acids is 1. The lowest BCUT2D eigenvalue weighted by Crippen LogP contribution is -2.18. The summed E-state index contributed by atoms with van der Waals surface area (Å²) in [7, 11) is 1.45. The minimum absolute atomic E-state index is 0.0106. The SMILES string of the molecule is COc1cc(/C=N/NC(=O)c2oc3nc(-c4ccccc4)cc(C)c3c2N)ccc1O. The van der Waals surface area contributed by atoms with E-state index in [0.717, 1.165) is 16.8 Å². The number of nitrogens with one attached hydrogen (secondary N) is 1. The van der Waals surface area contributed by atoms with Crippen LogP contribution in [0.3, 0.4) is 0 Å². The number of hydrogen-bond donors (Lipinski definition) is 3. The lowest BCUT2D eigenvalue weighted by atomic mass is 10.1. The molecule has 2 heterocycles. The average molecular weight is 416 g/mol. The number of pyridine rings is 1. The highest BCUT2D eigenvalue weighted by Gasteiger charge is 2.21. The number of nitrogens with two attached hydrogens (primary N) is 1. The Morgan fingerprint density at radius 3 is 2.74 bits per heavy atom. The number of anilines is 1. The molecule has 4 N–H and O–H groups in total. The predicted molar refractivity (Wildman–Crippen MR) is 118 cm³/mol. The fourth-order valence-electron chi connectivity index (χ4n) is 3.23. The number of aryl methyl sites for hydroxylation is 1. The first kappa shape index (κ1) is 20.0. The zero-order chi connectivity index (χ0) is 22.0. The molecule has 0 fully saturated rings. The summed E-state index contributed by atoms with van der Waals surface area (Å²) in [5, 5.41) is 14.2. The van der Waals surface area contributed by atoms with Gasteiger partial charge in [-0.05, 0) is 42.3 Å². The van der Waals surface area contributed by atoms with Gasteiger partial charge in [0.2, 0.25) is 11.5 Å². The fraction of sp³-hybridized carbons (Fsp3) is 0.0870. The number of carbonyl (C=O) groups is 1. The van der Waals surface area contributed by atoms with Gasteiger partial charge in [-0.3, -0.25) is 4.79 Å². The van der Waals surface area contributed by atoms with Crippen molar-refractivity contribution >= 4 is 28.9 Å². The molecule has 0 aliphatic carbocycles. The third-order valence-corrected chi connectivity index (χ3v) is 4.76. The summed E-state index contributed by atoms with van der Waals surface area (Å²) < 4.78 is 10.7. The normalized spacial score (nSPS) is 11.2. The molecule has 0 spiro atoms. The van der Waals surface area contributed by atoms with E-state index in [1.54, 1.807) is 12.1 Å². The van der Waals surface area contributed by atoms with Gasteiger partial charge >= 0.3 is 5.91 Å². The van der Waals surface area contributed by atoms with Crippen LogP contribution in [0.15, 0.2) is 64.1 Å². The van der Waals surface area contributed by atoms with E-state index in [9.17, 15) is 9.90 Å². The molecular formula is C23H20N4O4. The van der Waals surface area contributed by atoms with Gasteiger partial charge in [-0.15, -0.1) is 0 Å². The van der Waals surface area contributed by atoms with Crippen LogP contribution in [0.2, 0.25) is 0 Å². The van der Waals surface area contributed by atoms with Gasteiger partial charge < -0.3 is 20.0 Å². The van der Waals surface area contributed by atoms with Crippen molar-refractivity contribution in [2.45, 2.75) is 6.92 Å². The number of benzene rings is 2. The Bertz CT molecular complexity index is 1300. The number of methoxy groups -OCH3 is 1. The number of aromatic hydroxyl groups is 1. The van der Waals surface area contributed by atoms with E-state index >= 15 is 0 Å². The van der Waals surface area contributed by atoms with Crippen LogP contribution in [-0.2, 0) is 0 Å². The van der Waals surface area contributed by atoms with Gasteiger partial charge in [-0.2, -0.15) is 5.10 Å². The summed E-state index contributed by atoms with van der Waals surface area (Å²) in [4.78, 5) is 17.1. The molecule has 8 nitrogen and oxygen atoms in total. The molecule has 2 aromatic carbocycles. The third kappa shape index (κ3) is 3.91. The van der Waals surface area contributed by atoms with Gasteiger partial charge in [-0.1, -0.05) is 30.3 Å². The van der Waals surface area contributed by atoms with Crippen molar-refractivity contribution in [3.63, 3.8) is 0 Å². The smallest absolute Gasteiger partial charge is 0.309 e. The minimum Gasteiger partial charge on any atom is -0.504 e. The van der Waals surface area contributed by atoms with Crippen LogP contribution in [0.5, 0.6) is 11.5 Å². The maximum absolute atomic E-state index is 12.6. The monoisotopic (exact) mass is 416 g/mol. The molecule has 0 unspecified atom stereocenters. The predicted octanol–water partition coefficient (Wildman–Crippen LogP) is 3.86. The topological polar surface area (TPSA) is 123 Å². The van der Waals surface area contributed by atoms with Crippen molar-refractivity contribution in [2.75, 3.05) is 12.8 Å². The van der Waals surface area contributed by atoms with E-state index in [1.165, 1.54) is 19.4 Å². The van der Waals surface area contributed by atoms with Crippen LogP contribution in [0.1, 0.15) is 21.7 Å². The van der Waals surface area contributed by atoms with E-state index in [0.29, 0.717) is 16.7 Å². The largest absolute Gasteiger partial charge is 0.504 e. The Labute approximate surface area is 178 Å². The van der Waals surface area contributed by atoms with Crippen molar-refractivity contribution in [3.05, 3.63) is 71.5 Å². The number of aromatic nitrogens is 1. The van der Waals surface area contributed by atoms with E-state index < -0.39 is 5.91 Å². The van der Waals surface area contributed by atoms with Crippen LogP contribution < -0.4 is 15.9 Å². The highest BCUT2D eigenvalue weighted by Crippen LogP contribution is 2.32. The number of hydrazone groups is 1. The number of furan rings is 1. The second-order valence-corrected chi connectivity index (χ2v) is 6.85. The van der Waals surface area contributed by atoms with Gasteiger partial charge in [-0.25, -0.2) is 10.4 Å². The standard InChI is InChI=1S/C23H20N4O4/c1-13-10-16(15-6-4-3-5-7-15)26-23-19(13)20(24)21(31-23)22(29)27-25-12-14-8-9-17(28)18(11-14)30-2/h3-12,28H,24H2,1-2H3,(H,27,29)/b25-12+. The second-order valence-electron chi connectivity index (χ2n) is 6.85. The third-order valence-electron chi connectivity index (χ3n) is 4.76. The van der Waals surface area contributed by atoms with Crippen LogP contribution in [0, 0.1) is 6.92 Å². The molecule has 31 heavy (non-hydrogen) atoms. The molecule has 2 aromatic heterocycles. The van der Waals surface area contributed by atoms with E-state index in [2.05, 4.69) is 15.5 Å². The molecule has 156 valence electrons. The molecule has 0 aliphatic rings. The van der Waals surface area contributed by atoms with Crippen LogP contribution >= 0.6 is 0 Å². The number of fused-ring (bicyclic) bond motifs is 1. The molecule has 0 saturated carbocycles. The molecule has 1 amide bonds. The number of nitrogens with zero attached hydrogens (tertiary/aromatic N) is 2. The van der Waals surface area contributed by atoms with E-state index in [1.807, 2.05) is 43.3 Å². The number of phenolic OH excluding ortho intramolecular Hbond substituents is 1. The highest BCUT2D eigenvalue weighted by molar-refractivity contribution is 6.06. The number of nitrogen functional groups attached to an aromatic ring is 1. The molecule has 4 rings (SSSR count). The summed E-state index contributed by atoms with van der Waals surface area (Å²) in [6.07, 6.45) is 1.41. The van der Waals surface area contributed by atoms with Crippen LogP contribution in [0.4, 0.5) is 5.69 Å². The maximum Gasteiger partial charge on any atom is 0.309 e. The second kappa shape index (κ2) is 8.19. The summed E-state index contributed by atoms with van der Waals surface area (Å²) in [6, 6.07) is 16.2. The Morgan fingerprint density at radius 2 is 2.00 bits per heavy atom. The van der Waals surface area contributed by atoms with E-state index in [4.69, 9.17) is 14.9 Å². The summed E-state index contributed by atoms with van der Waals surface area (Å²) >= 11 is 0. The lowest BCUT2D eigenvalue weighted by molar-refractivity contribution is 0.0930. The molecule has 0 saturated heterocycles. The molecule has 0 radical (unpaired) electrons. The van der Waals surface area contributed by atoms with Gasteiger partial charge in [0.05, 0.1) is 30.1 Å². The van der Waals surface area contributed by atoms with Crippen LogP contribution in [-0.4, -0.2) is 29.3 Å². The molecule has 0 atom stereocenters. The fourth-order valence-corrected chi connectivity index (χ4v) is 3.23. The summed E-state index contributed by atoms with van der Waals surface area (Å²) in [6.45, 7) is 1.89. The zero-order valence-corrected chi connectivity index (χ0v) is 16.9. The first-order valence-electron chi connectivity index (χ1n) is 9.43. The van der Waals surface area contributed by atoms with Gasteiger partial charge in [0, 0.05) is 5.56 Å². The highest BCUT2D eigenvalue weighted by atomic mass is 16.5. The maximum atomic E-state index is 12.6. The number of rotatable bonds is 5. The first-order chi connectivity index (χ1) is 15.0. The van der Waals surface area contributed by atoms with Gasteiger partial charge in [0.1, 0.15) is 0 Å². The summed E-state index contributed by atoms with van der Waals surface area (Å²) in [5.74, 6) is -0.349. The van der Waals surface area contributed by atoms with Crippen LogP contribution in [0.25, 0.3) is 22.4 Å². The number of phenols is 1. The van der Waals surface area contributed by atoms with Gasteiger partial charge in [0.15, 0.2) is 11.5 Å². The molecule has 4 aromatic rings. The van der Waals surface area contributed by atoms with E-state index in [-0.39, 0.29) is 22.9 Å². The first-order valence-corrected chi connectivity index (χ1v) is 9.43. The van der Waals surface area contributed by atoms with Crippen molar-refractivity contribution in [3.8, 4) is 22.8 Å². The van der Waals surface area contributed by atoms with Crippen molar-refractivity contribution in [1.29, 1.82) is 0 Å². The Hall–Kier alpha value is -4.33. The number of hydrogen-bond acceptors (Lipinski definition) is 7. The van der Waals surface area contributed by atoms with Gasteiger partial charge in [0.25, 0.3) is 0 Å².